The van der Waals surface area contributed by atoms with Gasteiger partial charge >= 0.3 is 6.18 Å². The van der Waals surface area contributed by atoms with Gasteiger partial charge in [0.2, 0.25) is 5.78 Å². The summed E-state index contributed by atoms with van der Waals surface area (Å²) in [6, 6.07) is 8.42. The van der Waals surface area contributed by atoms with Gasteiger partial charge < -0.3 is 0 Å². The van der Waals surface area contributed by atoms with Gasteiger partial charge in [0, 0.05) is 17.1 Å². The van der Waals surface area contributed by atoms with Crippen LogP contribution in [0.15, 0.2) is 53.5 Å². The van der Waals surface area contributed by atoms with Crippen LogP contribution in [-0.4, -0.2) is 19.4 Å². The number of nitrogens with zero attached hydrogens (tertiary/aromatic N) is 4. The van der Waals surface area contributed by atoms with Gasteiger partial charge in [-0.05, 0) is 29.6 Å². The molecule has 0 atom stereocenters. The van der Waals surface area contributed by atoms with Gasteiger partial charge in [-0.3, -0.25) is 4.40 Å². The van der Waals surface area contributed by atoms with Crippen LogP contribution in [0.1, 0.15) is 5.69 Å². The van der Waals surface area contributed by atoms with Gasteiger partial charge in [0.15, 0.2) is 0 Å². The van der Waals surface area contributed by atoms with E-state index in [4.69, 9.17) is 0 Å². The Morgan fingerprint density at radius 3 is 2.58 bits per heavy atom. The summed E-state index contributed by atoms with van der Waals surface area (Å²) in [5.41, 5.74) is 2.03. The zero-order chi connectivity index (χ0) is 16.7. The molecule has 4 aromatic rings. The number of hydrogen-bond acceptors (Lipinski definition) is 4. The van der Waals surface area contributed by atoms with Gasteiger partial charge in [0.1, 0.15) is 5.69 Å². The number of fused-ring (bicyclic) bond motifs is 1. The lowest BCUT2D eigenvalue weighted by molar-refractivity contribution is -0.141. The van der Waals surface area contributed by atoms with Crippen LogP contribution in [0, 0.1) is 0 Å². The molecule has 120 valence electrons. The molecule has 0 aliphatic heterocycles. The summed E-state index contributed by atoms with van der Waals surface area (Å²) < 4.78 is 39.7. The number of alkyl halides is 3. The molecule has 4 rings (SSSR count). The fraction of sp³-hybridized carbons (Fsp3) is 0.0625. The summed E-state index contributed by atoms with van der Waals surface area (Å²) in [5.74, 6) is -0.0115. The van der Waals surface area contributed by atoms with Gasteiger partial charge in [-0.1, -0.05) is 6.07 Å². The van der Waals surface area contributed by atoms with Crippen LogP contribution in [0.5, 0.6) is 0 Å². The molecular formula is C16H9F3N4S. The van der Waals surface area contributed by atoms with Gasteiger partial charge in [-0.15, -0.1) is 0 Å². The summed E-state index contributed by atoms with van der Waals surface area (Å²) in [5, 5.41) is 3.94. The number of rotatable bonds is 2. The Morgan fingerprint density at radius 2 is 1.83 bits per heavy atom. The van der Waals surface area contributed by atoms with Crippen molar-refractivity contribution in [3.63, 3.8) is 0 Å². The summed E-state index contributed by atoms with van der Waals surface area (Å²) in [6.45, 7) is 0. The minimum Gasteiger partial charge on any atom is -0.282 e. The normalized spacial score (nSPS) is 12.0. The second-order valence-electron chi connectivity index (χ2n) is 5.04. The lowest BCUT2D eigenvalue weighted by atomic mass is 10.2. The first-order chi connectivity index (χ1) is 11.5. The maximum atomic E-state index is 12.7. The predicted octanol–water partition coefficient (Wildman–Crippen LogP) is 4.54. The van der Waals surface area contributed by atoms with Crippen LogP contribution in [0.25, 0.3) is 28.4 Å². The molecule has 0 fully saturated rings. The zero-order valence-electron chi connectivity index (χ0n) is 12.0. The van der Waals surface area contributed by atoms with Crippen molar-refractivity contribution in [2.45, 2.75) is 6.18 Å². The molecule has 24 heavy (non-hydrogen) atoms. The van der Waals surface area contributed by atoms with Crippen molar-refractivity contribution in [2.75, 3.05) is 0 Å². The molecule has 4 aromatic heterocycles. The third kappa shape index (κ3) is 2.54. The van der Waals surface area contributed by atoms with E-state index in [1.807, 2.05) is 29.0 Å². The number of imidazole rings is 1. The highest BCUT2D eigenvalue weighted by Gasteiger charge is 2.33. The number of hydrogen-bond donors (Lipinski definition) is 0. The minimum absolute atomic E-state index is 0.0115. The first-order valence-electron chi connectivity index (χ1n) is 6.94. The van der Waals surface area contributed by atoms with Crippen LogP contribution in [0.3, 0.4) is 0 Å². The Bertz CT molecular complexity index is 1010. The fourth-order valence-corrected chi connectivity index (χ4v) is 3.02. The molecule has 0 aliphatic carbocycles. The van der Waals surface area contributed by atoms with E-state index < -0.39 is 11.9 Å². The lowest BCUT2D eigenvalue weighted by Crippen LogP contribution is -2.09. The molecule has 0 radical (unpaired) electrons. The first-order valence-corrected chi connectivity index (χ1v) is 7.88. The highest BCUT2D eigenvalue weighted by atomic mass is 32.1. The number of halogens is 3. The topological polar surface area (TPSA) is 43.1 Å². The molecule has 0 aromatic carbocycles. The molecule has 0 aliphatic rings. The van der Waals surface area contributed by atoms with Crippen LogP contribution < -0.4 is 0 Å². The van der Waals surface area contributed by atoms with Crippen molar-refractivity contribution in [3.8, 4) is 22.6 Å². The zero-order valence-corrected chi connectivity index (χ0v) is 12.8. The van der Waals surface area contributed by atoms with E-state index in [0.29, 0.717) is 11.4 Å². The van der Waals surface area contributed by atoms with Crippen LogP contribution in [0.2, 0.25) is 0 Å². The fourth-order valence-electron chi connectivity index (χ4n) is 2.37. The van der Waals surface area contributed by atoms with Crippen molar-refractivity contribution in [1.82, 2.24) is 19.4 Å². The minimum atomic E-state index is -4.50. The van der Waals surface area contributed by atoms with E-state index in [0.717, 1.165) is 17.3 Å². The SMILES string of the molecule is FC(F)(F)c1ccn2c(-c3cccc(-c4ccsc4)n3)cnc2n1. The summed E-state index contributed by atoms with van der Waals surface area (Å²) >= 11 is 1.57. The van der Waals surface area contributed by atoms with Crippen LogP contribution >= 0.6 is 11.3 Å². The molecule has 0 saturated carbocycles. The van der Waals surface area contributed by atoms with Gasteiger partial charge in [0.25, 0.3) is 0 Å². The highest BCUT2D eigenvalue weighted by molar-refractivity contribution is 7.08. The van der Waals surface area contributed by atoms with Gasteiger partial charge in [-0.25, -0.2) is 15.0 Å². The summed E-state index contributed by atoms with van der Waals surface area (Å²) in [4.78, 5) is 12.1. The predicted molar refractivity (Wildman–Crippen MR) is 84.5 cm³/mol. The van der Waals surface area contributed by atoms with Crippen molar-refractivity contribution in [2.24, 2.45) is 0 Å². The molecule has 0 N–H and O–H groups in total. The van der Waals surface area contributed by atoms with Crippen molar-refractivity contribution in [3.05, 3.63) is 59.2 Å². The van der Waals surface area contributed by atoms with E-state index >= 15 is 0 Å². The summed E-state index contributed by atoms with van der Waals surface area (Å²) in [7, 11) is 0. The molecule has 0 bridgehead atoms. The van der Waals surface area contributed by atoms with Crippen LogP contribution in [0.4, 0.5) is 13.2 Å². The molecule has 0 unspecified atom stereocenters. The van der Waals surface area contributed by atoms with E-state index in [1.54, 1.807) is 17.4 Å². The second-order valence-corrected chi connectivity index (χ2v) is 5.82. The van der Waals surface area contributed by atoms with Gasteiger partial charge in [-0.2, -0.15) is 24.5 Å². The maximum Gasteiger partial charge on any atom is 0.433 e. The molecule has 0 spiro atoms. The number of pyridine rings is 1. The van der Waals surface area contributed by atoms with E-state index in [2.05, 4.69) is 15.0 Å². The average Bonchev–Trinajstić information content (AvgIpc) is 3.23. The smallest absolute Gasteiger partial charge is 0.282 e. The van der Waals surface area contributed by atoms with E-state index in [-0.39, 0.29) is 5.78 Å². The summed E-state index contributed by atoms with van der Waals surface area (Å²) in [6.07, 6.45) is -1.71. The van der Waals surface area contributed by atoms with E-state index in [9.17, 15) is 13.2 Å². The Balaban J connectivity index is 1.81. The Labute approximate surface area is 138 Å². The Kier molecular flexibility index (Phi) is 3.34. The van der Waals surface area contributed by atoms with Crippen LogP contribution in [-0.2, 0) is 6.18 Å². The monoisotopic (exact) mass is 346 g/mol. The number of aromatic nitrogens is 4. The maximum absolute atomic E-state index is 12.7. The quantitative estimate of drug-likeness (QED) is 0.535. The number of thiophene rings is 1. The molecule has 4 heterocycles. The van der Waals surface area contributed by atoms with Crippen molar-refractivity contribution >= 4 is 17.1 Å². The lowest BCUT2D eigenvalue weighted by Gasteiger charge is -2.07. The third-order valence-corrected chi connectivity index (χ3v) is 4.18. The van der Waals surface area contributed by atoms with Gasteiger partial charge in [0.05, 0.1) is 23.3 Å². The molecule has 0 saturated heterocycles. The third-order valence-electron chi connectivity index (χ3n) is 3.50. The van der Waals surface area contributed by atoms with Crippen molar-refractivity contribution in [1.29, 1.82) is 0 Å². The highest BCUT2D eigenvalue weighted by Crippen LogP contribution is 2.29. The van der Waals surface area contributed by atoms with E-state index in [1.165, 1.54) is 16.8 Å². The largest absolute Gasteiger partial charge is 0.433 e. The average molecular weight is 346 g/mol. The second kappa shape index (κ2) is 5.41. The molecule has 4 nitrogen and oxygen atoms in total. The first kappa shape index (κ1) is 14.8. The standard InChI is InChI=1S/C16H9F3N4S/c17-16(18,19)14-4-6-23-13(8-20-15(23)22-14)12-3-1-2-11(21-12)10-5-7-24-9-10/h1-9H. The Morgan fingerprint density at radius 1 is 1.00 bits per heavy atom. The molecule has 8 heteroatoms. The molecule has 0 amide bonds. The van der Waals surface area contributed by atoms with Crippen molar-refractivity contribution < 1.29 is 13.2 Å². The Hall–Kier alpha value is -2.74. The molecular weight excluding hydrogens is 337 g/mol.